The maximum absolute atomic E-state index is 13.0. The summed E-state index contributed by atoms with van der Waals surface area (Å²) in [7, 11) is 0. The molecule has 0 heterocycles. The van der Waals surface area contributed by atoms with Crippen LogP contribution in [0.15, 0.2) is 42.5 Å². The van der Waals surface area contributed by atoms with Gasteiger partial charge in [0.15, 0.2) is 0 Å². The SMILES string of the molecule is Nc1cc(I)ccc1NCc1cccc(F)c1. The molecule has 88 valence electrons. The molecule has 0 amide bonds. The topological polar surface area (TPSA) is 38.0 Å². The van der Waals surface area contributed by atoms with Crippen molar-refractivity contribution in [3.63, 3.8) is 0 Å². The van der Waals surface area contributed by atoms with E-state index >= 15 is 0 Å². The monoisotopic (exact) mass is 342 g/mol. The molecule has 0 aliphatic heterocycles. The standard InChI is InChI=1S/C13H12FIN2/c14-10-3-1-2-9(6-10)8-17-13-5-4-11(15)7-12(13)16/h1-7,17H,8,16H2. The van der Waals surface area contributed by atoms with E-state index in [1.807, 2.05) is 24.3 Å². The zero-order valence-corrected chi connectivity index (χ0v) is 11.2. The first-order valence-corrected chi connectivity index (χ1v) is 6.26. The van der Waals surface area contributed by atoms with Crippen LogP contribution in [0.25, 0.3) is 0 Å². The number of halogens is 2. The Morgan fingerprint density at radius 3 is 2.71 bits per heavy atom. The number of benzene rings is 2. The van der Waals surface area contributed by atoms with Gasteiger partial charge in [-0.1, -0.05) is 12.1 Å². The Kier molecular flexibility index (Phi) is 3.83. The van der Waals surface area contributed by atoms with Gasteiger partial charge in [0.25, 0.3) is 0 Å². The number of hydrogen-bond acceptors (Lipinski definition) is 2. The van der Waals surface area contributed by atoms with E-state index in [-0.39, 0.29) is 5.82 Å². The highest BCUT2D eigenvalue weighted by molar-refractivity contribution is 14.1. The Balaban J connectivity index is 2.07. The lowest BCUT2D eigenvalue weighted by atomic mass is 10.2. The van der Waals surface area contributed by atoms with Gasteiger partial charge in [0, 0.05) is 10.1 Å². The Hall–Kier alpha value is -1.30. The van der Waals surface area contributed by atoms with Crippen LogP contribution in [0.4, 0.5) is 15.8 Å². The fourth-order valence-corrected chi connectivity index (χ4v) is 2.05. The van der Waals surface area contributed by atoms with Crippen LogP contribution in [-0.4, -0.2) is 0 Å². The predicted octanol–water partition coefficient (Wildman–Crippen LogP) is 3.62. The van der Waals surface area contributed by atoms with Crippen molar-refractivity contribution in [1.82, 2.24) is 0 Å². The summed E-state index contributed by atoms with van der Waals surface area (Å²) >= 11 is 2.21. The molecular weight excluding hydrogens is 330 g/mol. The van der Waals surface area contributed by atoms with Gasteiger partial charge < -0.3 is 11.1 Å². The summed E-state index contributed by atoms with van der Waals surface area (Å²) in [5.74, 6) is -0.222. The van der Waals surface area contributed by atoms with Crippen molar-refractivity contribution in [2.75, 3.05) is 11.1 Å². The van der Waals surface area contributed by atoms with E-state index in [0.717, 1.165) is 14.8 Å². The fourth-order valence-electron chi connectivity index (χ4n) is 1.54. The van der Waals surface area contributed by atoms with Gasteiger partial charge in [-0.15, -0.1) is 0 Å². The van der Waals surface area contributed by atoms with Gasteiger partial charge in [-0.05, 0) is 58.5 Å². The number of nitrogens with two attached hydrogens (primary N) is 1. The summed E-state index contributed by atoms with van der Waals surface area (Å²) < 4.78 is 14.1. The maximum Gasteiger partial charge on any atom is 0.123 e. The molecule has 2 aromatic carbocycles. The van der Waals surface area contributed by atoms with E-state index < -0.39 is 0 Å². The van der Waals surface area contributed by atoms with Crippen molar-refractivity contribution in [3.05, 3.63) is 57.4 Å². The zero-order valence-electron chi connectivity index (χ0n) is 9.08. The van der Waals surface area contributed by atoms with Crippen molar-refractivity contribution in [3.8, 4) is 0 Å². The summed E-state index contributed by atoms with van der Waals surface area (Å²) in [6.07, 6.45) is 0. The van der Waals surface area contributed by atoms with Gasteiger partial charge in [-0.25, -0.2) is 4.39 Å². The van der Waals surface area contributed by atoms with Crippen LogP contribution in [0.5, 0.6) is 0 Å². The molecule has 3 N–H and O–H groups in total. The minimum Gasteiger partial charge on any atom is -0.397 e. The van der Waals surface area contributed by atoms with Gasteiger partial charge in [0.2, 0.25) is 0 Å². The summed E-state index contributed by atoms with van der Waals surface area (Å²) in [6.45, 7) is 0.558. The number of anilines is 2. The molecule has 0 aliphatic carbocycles. The third kappa shape index (κ3) is 3.33. The normalized spacial score (nSPS) is 10.2. The van der Waals surface area contributed by atoms with Gasteiger partial charge in [0.1, 0.15) is 5.82 Å². The highest BCUT2D eigenvalue weighted by Gasteiger charge is 2.00. The summed E-state index contributed by atoms with van der Waals surface area (Å²) in [6, 6.07) is 12.3. The third-order valence-electron chi connectivity index (χ3n) is 2.39. The van der Waals surface area contributed by atoms with Crippen LogP contribution < -0.4 is 11.1 Å². The summed E-state index contributed by atoms with van der Waals surface area (Å²) in [4.78, 5) is 0. The van der Waals surface area contributed by atoms with E-state index in [0.29, 0.717) is 12.2 Å². The smallest absolute Gasteiger partial charge is 0.123 e. The van der Waals surface area contributed by atoms with Crippen LogP contribution in [0, 0.1) is 9.39 Å². The summed E-state index contributed by atoms with van der Waals surface area (Å²) in [5, 5.41) is 3.19. The predicted molar refractivity (Wildman–Crippen MR) is 77.3 cm³/mol. The highest BCUT2D eigenvalue weighted by Crippen LogP contribution is 2.21. The lowest BCUT2D eigenvalue weighted by Gasteiger charge is -2.09. The van der Waals surface area contributed by atoms with Crippen molar-refractivity contribution in [2.45, 2.75) is 6.54 Å². The van der Waals surface area contributed by atoms with Crippen molar-refractivity contribution < 1.29 is 4.39 Å². The third-order valence-corrected chi connectivity index (χ3v) is 3.06. The molecule has 0 spiro atoms. The van der Waals surface area contributed by atoms with Gasteiger partial charge in [0.05, 0.1) is 11.4 Å². The van der Waals surface area contributed by atoms with Crippen LogP contribution in [0.3, 0.4) is 0 Å². The van der Waals surface area contributed by atoms with Gasteiger partial charge in [-0.3, -0.25) is 0 Å². The molecule has 17 heavy (non-hydrogen) atoms. The number of rotatable bonds is 3. The lowest BCUT2D eigenvalue weighted by molar-refractivity contribution is 0.626. The highest BCUT2D eigenvalue weighted by atomic mass is 127. The van der Waals surface area contributed by atoms with Crippen molar-refractivity contribution in [2.24, 2.45) is 0 Å². The first-order chi connectivity index (χ1) is 8.15. The average molecular weight is 342 g/mol. The molecule has 2 rings (SSSR count). The van der Waals surface area contributed by atoms with E-state index in [1.165, 1.54) is 12.1 Å². The van der Waals surface area contributed by atoms with Crippen LogP contribution in [0.2, 0.25) is 0 Å². The van der Waals surface area contributed by atoms with Gasteiger partial charge in [-0.2, -0.15) is 0 Å². The van der Waals surface area contributed by atoms with Crippen LogP contribution in [-0.2, 0) is 6.54 Å². The molecule has 4 heteroatoms. The van der Waals surface area contributed by atoms with E-state index in [9.17, 15) is 4.39 Å². The largest absolute Gasteiger partial charge is 0.397 e. The molecule has 0 fully saturated rings. The Morgan fingerprint density at radius 1 is 1.18 bits per heavy atom. The quantitative estimate of drug-likeness (QED) is 0.660. The fraction of sp³-hybridized carbons (Fsp3) is 0.0769. The second kappa shape index (κ2) is 5.35. The number of nitrogens with one attached hydrogen (secondary N) is 1. The molecule has 0 saturated heterocycles. The second-order valence-electron chi connectivity index (χ2n) is 3.72. The molecule has 0 aromatic heterocycles. The zero-order chi connectivity index (χ0) is 12.3. The Morgan fingerprint density at radius 2 is 2.00 bits per heavy atom. The molecular formula is C13H12FIN2. The summed E-state index contributed by atoms with van der Waals surface area (Å²) in [5.41, 5.74) is 8.34. The first kappa shape index (κ1) is 12.2. The van der Waals surface area contributed by atoms with Crippen molar-refractivity contribution in [1.29, 1.82) is 0 Å². The lowest BCUT2D eigenvalue weighted by Crippen LogP contribution is -2.02. The minimum atomic E-state index is -0.222. The van der Waals surface area contributed by atoms with Crippen molar-refractivity contribution >= 4 is 34.0 Å². The molecule has 0 atom stereocenters. The van der Waals surface area contributed by atoms with Crippen LogP contribution in [0.1, 0.15) is 5.56 Å². The van der Waals surface area contributed by atoms with Crippen LogP contribution >= 0.6 is 22.6 Å². The molecule has 0 bridgehead atoms. The first-order valence-electron chi connectivity index (χ1n) is 5.18. The minimum absolute atomic E-state index is 0.222. The average Bonchev–Trinajstić information content (AvgIpc) is 2.28. The molecule has 0 aliphatic rings. The van der Waals surface area contributed by atoms with E-state index in [4.69, 9.17) is 5.73 Å². The molecule has 0 unspecified atom stereocenters. The van der Waals surface area contributed by atoms with E-state index in [1.54, 1.807) is 6.07 Å². The molecule has 2 aromatic rings. The molecule has 2 nitrogen and oxygen atoms in total. The molecule has 0 radical (unpaired) electrons. The second-order valence-corrected chi connectivity index (χ2v) is 4.96. The maximum atomic E-state index is 13.0. The van der Waals surface area contributed by atoms with Gasteiger partial charge >= 0.3 is 0 Å². The Bertz CT molecular complexity index is 529. The Labute approximate surface area is 113 Å². The number of hydrogen-bond donors (Lipinski definition) is 2. The molecule has 0 saturated carbocycles. The number of nitrogen functional groups attached to an aromatic ring is 1. The van der Waals surface area contributed by atoms with E-state index in [2.05, 4.69) is 27.9 Å².